The van der Waals surface area contributed by atoms with E-state index in [0.29, 0.717) is 0 Å². The molecule has 0 aliphatic heterocycles. The standard InChI is InChI=1S/C17H28N4/c1-6-21(7-2)17(3,4)16(18)12-14-13-10-8-9-11-15(13)20(5)19-14/h8-11,16H,6-7,12,18H2,1-5H3. The van der Waals surface area contributed by atoms with E-state index in [0.717, 1.165) is 25.2 Å². The van der Waals surface area contributed by atoms with Crippen molar-refractivity contribution in [1.82, 2.24) is 14.7 Å². The van der Waals surface area contributed by atoms with Crippen molar-refractivity contribution in [1.29, 1.82) is 0 Å². The first kappa shape index (κ1) is 16.0. The molecule has 1 heterocycles. The van der Waals surface area contributed by atoms with Crippen LogP contribution in [0, 0.1) is 0 Å². The average molecular weight is 288 g/mol. The minimum absolute atomic E-state index is 0.0396. The highest BCUT2D eigenvalue weighted by Crippen LogP contribution is 2.24. The highest BCUT2D eigenvalue weighted by atomic mass is 15.3. The van der Waals surface area contributed by atoms with Gasteiger partial charge < -0.3 is 5.73 Å². The van der Waals surface area contributed by atoms with Gasteiger partial charge in [0.25, 0.3) is 0 Å². The summed E-state index contributed by atoms with van der Waals surface area (Å²) in [6, 6.07) is 8.40. The predicted octanol–water partition coefficient (Wildman–Crippen LogP) is 2.56. The van der Waals surface area contributed by atoms with E-state index in [1.165, 1.54) is 10.9 Å². The second kappa shape index (κ2) is 6.16. The molecule has 2 aromatic rings. The van der Waals surface area contributed by atoms with E-state index in [1.807, 2.05) is 17.8 Å². The first-order chi connectivity index (χ1) is 9.91. The predicted molar refractivity (Wildman–Crippen MR) is 89.4 cm³/mol. The van der Waals surface area contributed by atoms with Crippen LogP contribution in [0.1, 0.15) is 33.4 Å². The summed E-state index contributed by atoms with van der Waals surface area (Å²) in [5.41, 5.74) is 8.77. The maximum atomic E-state index is 6.54. The van der Waals surface area contributed by atoms with Crippen LogP contribution in [0.25, 0.3) is 10.9 Å². The van der Waals surface area contributed by atoms with Crippen molar-refractivity contribution >= 4 is 10.9 Å². The van der Waals surface area contributed by atoms with Crippen molar-refractivity contribution in [3.05, 3.63) is 30.0 Å². The zero-order valence-electron chi connectivity index (χ0n) is 13.9. The Balaban J connectivity index is 2.27. The molecule has 21 heavy (non-hydrogen) atoms. The minimum atomic E-state index is -0.0396. The molecule has 0 spiro atoms. The fourth-order valence-electron chi connectivity index (χ4n) is 3.17. The number of rotatable bonds is 6. The smallest absolute Gasteiger partial charge is 0.0719 e. The highest BCUT2D eigenvalue weighted by Gasteiger charge is 2.32. The van der Waals surface area contributed by atoms with Gasteiger partial charge in [0.2, 0.25) is 0 Å². The Morgan fingerprint density at radius 2 is 1.86 bits per heavy atom. The number of hydrogen-bond acceptors (Lipinski definition) is 3. The number of para-hydroxylation sites is 1. The van der Waals surface area contributed by atoms with E-state index in [9.17, 15) is 0 Å². The fourth-order valence-corrected chi connectivity index (χ4v) is 3.17. The quantitative estimate of drug-likeness (QED) is 0.888. The molecule has 4 nitrogen and oxygen atoms in total. The van der Waals surface area contributed by atoms with E-state index in [4.69, 9.17) is 5.73 Å². The minimum Gasteiger partial charge on any atom is -0.326 e. The van der Waals surface area contributed by atoms with Crippen LogP contribution in [0.4, 0.5) is 0 Å². The molecule has 0 fully saturated rings. The summed E-state index contributed by atoms with van der Waals surface area (Å²) in [7, 11) is 1.99. The maximum absolute atomic E-state index is 6.54. The van der Waals surface area contributed by atoms with Gasteiger partial charge in [-0.3, -0.25) is 9.58 Å². The van der Waals surface area contributed by atoms with Crippen molar-refractivity contribution in [3.8, 4) is 0 Å². The summed E-state index contributed by atoms with van der Waals surface area (Å²) >= 11 is 0. The lowest BCUT2D eigenvalue weighted by molar-refractivity contribution is 0.106. The molecule has 0 saturated heterocycles. The molecule has 0 saturated carbocycles. The molecular weight excluding hydrogens is 260 g/mol. The van der Waals surface area contributed by atoms with Crippen LogP contribution in [0.15, 0.2) is 24.3 Å². The Morgan fingerprint density at radius 3 is 2.48 bits per heavy atom. The molecule has 0 radical (unpaired) electrons. The molecule has 0 aliphatic rings. The average Bonchev–Trinajstić information content (AvgIpc) is 2.77. The lowest BCUT2D eigenvalue weighted by Gasteiger charge is -2.41. The van der Waals surface area contributed by atoms with E-state index >= 15 is 0 Å². The second-order valence-electron chi connectivity index (χ2n) is 6.22. The van der Waals surface area contributed by atoms with Crippen LogP contribution in [-0.4, -0.2) is 39.4 Å². The van der Waals surface area contributed by atoms with E-state index in [1.54, 1.807) is 0 Å². The van der Waals surface area contributed by atoms with Gasteiger partial charge in [-0.1, -0.05) is 32.0 Å². The topological polar surface area (TPSA) is 47.1 Å². The summed E-state index contributed by atoms with van der Waals surface area (Å²) in [6.07, 6.45) is 0.796. The fraction of sp³-hybridized carbons (Fsp3) is 0.588. The van der Waals surface area contributed by atoms with Gasteiger partial charge in [-0.2, -0.15) is 5.10 Å². The Bertz CT molecular complexity index is 596. The highest BCUT2D eigenvalue weighted by molar-refractivity contribution is 5.81. The molecule has 4 heteroatoms. The first-order valence-corrected chi connectivity index (χ1v) is 7.83. The normalized spacial score (nSPS) is 14.0. The Morgan fingerprint density at radius 1 is 1.24 bits per heavy atom. The molecule has 116 valence electrons. The Labute approximate surface area is 127 Å². The molecule has 2 rings (SSSR count). The third-order valence-electron chi connectivity index (χ3n) is 4.73. The van der Waals surface area contributed by atoms with Gasteiger partial charge in [-0.15, -0.1) is 0 Å². The summed E-state index contributed by atoms with van der Waals surface area (Å²) < 4.78 is 1.95. The van der Waals surface area contributed by atoms with Crippen LogP contribution in [-0.2, 0) is 13.5 Å². The first-order valence-electron chi connectivity index (χ1n) is 7.83. The molecule has 1 aromatic carbocycles. The van der Waals surface area contributed by atoms with Crippen LogP contribution >= 0.6 is 0 Å². The number of hydrogen-bond donors (Lipinski definition) is 1. The van der Waals surface area contributed by atoms with Crippen molar-refractivity contribution in [2.24, 2.45) is 12.8 Å². The van der Waals surface area contributed by atoms with E-state index < -0.39 is 0 Å². The van der Waals surface area contributed by atoms with Crippen LogP contribution in [0.2, 0.25) is 0 Å². The third kappa shape index (κ3) is 2.97. The van der Waals surface area contributed by atoms with Gasteiger partial charge in [-0.05, 0) is 33.0 Å². The molecule has 0 aliphatic carbocycles. The lowest BCUT2D eigenvalue weighted by atomic mass is 9.89. The summed E-state index contributed by atoms with van der Waals surface area (Å²) in [4.78, 5) is 2.42. The number of benzene rings is 1. The molecular formula is C17H28N4. The van der Waals surface area contributed by atoms with E-state index in [2.05, 4.69) is 55.9 Å². The Hall–Kier alpha value is -1.39. The van der Waals surface area contributed by atoms with Crippen molar-refractivity contribution < 1.29 is 0 Å². The largest absolute Gasteiger partial charge is 0.326 e. The van der Waals surface area contributed by atoms with Crippen LogP contribution in [0.5, 0.6) is 0 Å². The summed E-state index contributed by atoms with van der Waals surface area (Å²) in [5.74, 6) is 0. The van der Waals surface area contributed by atoms with Gasteiger partial charge >= 0.3 is 0 Å². The number of fused-ring (bicyclic) bond motifs is 1. The monoisotopic (exact) mass is 288 g/mol. The van der Waals surface area contributed by atoms with Gasteiger partial charge in [0.1, 0.15) is 0 Å². The summed E-state index contributed by atoms with van der Waals surface area (Å²) in [5, 5.41) is 5.89. The molecule has 2 N–H and O–H groups in total. The van der Waals surface area contributed by atoms with Gasteiger partial charge in [-0.25, -0.2) is 0 Å². The number of nitrogens with two attached hydrogens (primary N) is 1. The maximum Gasteiger partial charge on any atom is 0.0719 e. The number of likely N-dealkylation sites (N-methyl/N-ethyl adjacent to an activating group) is 1. The van der Waals surface area contributed by atoms with Gasteiger partial charge in [0.15, 0.2) is 0 Å². The van der Waals surface area contributed by atoms with Crippen molar-refractivity contribution in [3.63, 3.8) is 0 Å². The van der Waals surface area contributed by atoms with Crippen molar-refractivity contribution in [2.45, 2.75) is 45.7 Å². The second-order valence-corrected chi connectivity index (χ2v) is 6.22. The zero-order valence-corrected chi connectivity index (χ0v) is 13.9. The molecule has 0 amide bonds. The number of aryl methyl sites for hydroxylation is 1. The Kier molecular flexibility index (Phi) is 4.69. The third-order valence-corrected chi connectivity index (χ3v) is 4.73. The zero-order chi connectivity index (χ0) is 15.6. The molecule has 0 bridgehead atoms. The van der Waals surface area contributed by atoms with Crippen LogP contribution in [0.3, 0.4) is 0 Å². The van der Waals surface area contributed by atoms with Crippen LogP contribution < -0.4 is 5.73 Å². The molecule has 1 unspecified atom stereocenters. The number of nitrogens with zero attached hydrogens (tertiary/aromatic N) is 3. The van der Waals surface area contributed by atoms with E-state index in [-0.39, 0.29) is 11.6 Å². The van der Waals surface area contributed by atoms with Gasteiger partial charge in [0.05, 0.1) is 11.2 Å². The molecule has 1 aromatic heterocycles. The lowest BCUT2D eigenvalue weighted by Crippen LogP contribution is -2.56. The van der Waals surface area contributed by atoms with Crippen molar-refractivity contribution in [2.75, 3.05) is 13.1 Å². The number of aromatic nitrogens is 2. The summed E-state index contributed by atoms with van der Waals surface area (Å²) in [6.45, 7) is 10.9. The van der Waals surface area contributed by atoms with Gasteiger partial charge in [0, 0.05) is 30.4 Å². The molecule has 1 atom stereocenters. The SMILES string of the molecule is CCN(CC)C(C)(C)C(N)Cc1nn(C)c2ccccc12.